The van der Waals surface area contributed by atoms with Gasteiger partial charge in [0.05, 0.1) is 48.0 Å². The van der Waals surface area contributed by atoms with Crippen molar-refractivity contribution in [1.82, 2.24) is 4.98 Å². The van der Waals surface area contributed by atoms with Crippen LogP contribution in [0.4, 0.5) is 5.69 Å². The van der Waals surface area contributed by atoms with Crippen LogP contribution in [0.3, 0.4) is 0 Å². The third-order valence-corrected chi connectivity index (χ3v) is 7.68. The predicted octanol–water partition coefficient (Wildman–Crippen LogP) is 5.79. The first-order valence-corrected chi connectivity index (χ1v) is 12.8. The Kier molecular flexibility index (Phi) is 6.88. The predicted molar refractivity (Wildman–Crippen MR) is 147 cm³/mol. The van der Waals surface area contributed by atoms with Gasteiger partial charge in [0.25, 0.3) is 5.91 Å². The summed E-state index contributed by atoms with van der Waals surface area (Å²) >= 11 is 1.21. The molecule has 4 aromatic rings. The number of carbonyl (C=O) groups excluding carboxylic acids is 2. The lowest BCUT2D eigenvalue weighted by molar-refractivity contribution is -0.117. The minimum absolute atomic E-state index is 0.0667. The molecule has 0 fully saturated rings. The van der Waals surface area contributed by atoms with Gasteiger partial charge >= 0.3 is 0 Å². The number of rotatable bonds is 7. The fourth-order valence-electron chi connectivity index (χ4n) is 4.57. The first-order valence-electron chi connectivity index (χ1n) is 11.9. The first-order chi connectivity index (χ1) is 18.9. The van der Waals surface area contributed by atoms with E-state index >= 15 is 0 Å². The van der Waals surface area contributed by atoms with E-state index in [1.807, 2.05) is 30.3 Å². The van der Waals surface area contributed by atoms with Crippen LogP contribution >= 0.6 is 11.3 Å². The standard InChI is InChI=1S/C30H23N3O5S/c1-17-28(39-29(32-17)19-7-5-4-6-8-19)26(34)24-25(20-11-14-22(37-2)23(15-20)38-3)33(30(36)27(24)35)21-12-9-18(16-31)10-13-21/h4-15,25,35H,1-3H3. The molecule has 2 heterocycles. The van der Waals surface area contributed by atoms with E-state index in [4.69, 9.17) is 9.47 Å². The van der Waals surface area contributed by atoms with Gasteiger partial charge in [-0.3, -0.25) is 14.5 Å². The van der Waals surface area contributed by atoms with Gasteiger partial charge in [0.15, 0.2) is 17.3 Å². The van der Waals surface area contributed by atoms with Gasteiger partial charge in [0.2, 0.25) is 5.78 Å². The summed E-state index contributed by atoms with van der Waals surface area (Å²) in [5.74, 6) is -0.983. The third-order valence-electron chi connectivity index (χ3n) is 6.47. The van der Waals surface area contributed by atoms with E-state index < -0.39 is 23.5 Å². The molecule has 1 N–H and O–H groups in total. The van der Waals surface area contributed by atoms with E-state index in [2.05, 4.69) is 11.1 Å². The number of nitriles is 1. The number of anilines is 1. The van der Waals surface area contributed by atoms with Crippen molar-refractivity contribution in [3.63, 3.8) is 0 Å². The van der Waals surface area contributed by atoms with Crippen molar-refractivity contribution in [2.45, 2.75) is 13.0 Å². The molecule has 1 aliphatic rings. The molecular formula is C30H23N3O5S. The highest BCUT2D eigenvalue weighted by Crippen LogP contribution is 2.45. The Morgan fingerprint density at radius 2 is 1.72 bits per heavy atom. The number of aliphatic hydroxyl groups is 1. The molecule has 1 unspecified atom stereocenters. The Morgan fingerprint density at radius 1 is 1.03 bits per heavy atom. The highest BCUT2D eigenvalue weighted by atomic mass is 32.1. The Labute approximate surface area is 229 Å². The number of carbonyl (C=O) groups is 2. The molecule has 9 heteroatoms. The molecule has 0 spiro atoms. The van der Waals surface area contributed by atoms with Gasteiger partial charge in [0.1, 0.15) is 5.01 Å². The van der Waals surface area contributed by atoms with Crippen LogP contribution < -0.4 is 14.4 Å². The van der Waals surface area contributed by atoms with E-state index in [0.717, 1.165) is 5.56 Å². The second kappa shape index (κ2) is 10.4. The zero-order chi connectivity index (χ0) is 27.7. The normalized spacial score (nSPS) is 14.9. The molecule has 5 rings (SSSR count). The number of ether oxygens (including phenoxy) is 2. The van der Waals surface area contributed by atoms with Crippen molar-refractivity contribution in [2.24, 2.45) is 0 Å². The molecule has 1 aliphatic heterocycles. The molecule has 0 saturated carbocycles. The number of ketones is 1. The number of aliphatic hydroxyl groups excluding tert-OH is 1. The molecule has 1 atom stereocenters. The maximum atomic E-state index is 14.1. The number of Topliss-reactive ketones (excluding diaryl/α,β-unsaturated/α-hetero) is 1. The lowest BCUT2D eigenvalue weighted by Gasteiger charge is -2.27. The van der Waals surface area contributed by atoms with Crippen LogP contribution in [0.25, 0.3) is 10.6 Å². The van der Waals surface area contributed by atoms with Gasteiger partial charge in [-0.15, -0.1) is 11.3 Å². The summed E-state index contributed by atoms with van der Waals surface area (Å²) < 4.78 is 10.8. The number of nitrogens with zero attached hydrogens (tertiary/aromatic N) is 3. The summed E-state index contributed by atoms with van der Waals surface area (Å²) in [5.41, 5.74) is 2.65. The molecule has 0 bridgehead atoms. The van der Waals surface area contributed by atoms with Gasteiger partial charge < -0.3 is 14.6 Å². The number of hydrogen-bond acceptors (Lipinski definition) is 8. The largest absolute Gasteiger partial charge is 0.503 e. The molecule has 0 saturated heterocycles. The van der Waals surface area contributed by atoms with Gasteiger partial charge in [-0.05, 0) is 48.9 Å². The molecule has 3 aromatic carbocycles. The zero-order valence-electron chi connectivity index (χ0n) is 21.3. The Bertz CT molecular complexity index is 1650. The lowest BCUT2D eigenvalue weighted by atomic mass is 9.94. The number of hydrogen-bond donors (Lipinski definition) is 1. The Balaban J connectivity index is 1.65. The van der Waals surface area contributed by atoms with E-state index in [0.29, 0.717) is 43.9 Å². The van der Waals surface area contributed by atoms with Crippen molar-refractivity contribution in [3.8, 4) is 28.1 Å². The van der Waals surface area contributed by atoms with Crippen LogP contribution in [0.15, 0.2) is 84.1 Å². The SMILES string of the molecule is COc1ccc(C2C(C(=O)c3sc(-c4ccccc4)nc3C)=C(O)C(=O)N2c2ccc(C#N)cc2)cc1OC. The van der Waals surface area contributed by atoms with Gasteiger partial charge in [-0.1, -0.05) is 36.4 Å². The summed E-state index contributed by atoms with van der Waals surface area (Å²) in [6.07, 6.45) is 0. The average molecular weight is 538 g/mol. The monoisotopic (exact) mass is 537 g/mol. The zero-order valence-corrected chi connectivity index (χ0v) is 22.2. The second-order valence-corrected chi connectivity index (χ2v) is 9.74. The Hall–Kier alpha value is -4.94. The van der Waals surface area contributed by atoms with E-state index in [1.54, 1.807) is 49.4 Å². The maximum absolute atomic E-state index is 14.1. The number of methoxy groups -OCH3 is 2. The summed E-state index contributed by atoms with van der Waals surface area (Å²) in [5, 5.41) is 21.0. The molecule has 0 aliphatic carbocycles. The number of aryl methyl sites for hydroxylation is 1. The molecule has 1 amide bonds. The van der Waals surface area contributed by atoms with Crippen molar-refractivity contribution in [3.05, 3.63) is 106 Å². The number of benzene rings is 3. The quantitative estimate of drug-likeness (QED) is 0.297. The molecule has 39 heavy (non-hydrogen) atoms. The third kappa shape index (κ3) is 4.51. The summed E-state index contributed by atoms with van der Waals surface area (Å²) in [6.45, 7) is 1.73. The van der Waals surface area contributed by atoms with Crippen molar-refractivity contribution in [1.29, 1.82) is 5.26 Å². The van der Waals surface area contributed by atoms with E-state index in [1.165, 1.54) is 30.5 Å². The van der Waals surface area contributed by atoms with Gasteiger partial charge in [0, 0.05) is 11.3 Å². The minimum Gasteiger partial charge on any atom is -0.503 e. The first kappa shape index (κ1) is 25.7. The fourth-order valence-corrected chi connectivity index (χ4v) is 5.60. The van der Waals surface area contributed by atoms with Crippen molar-refractivity contribution >= 4 is 28.7 Å². The maximum Gasteiger partial charge on any atom is 0.294 e. The molecule has 0 radical (unpaired) electrons. The molecule has 194 valence electrons. The van der Waals surface area contributed by atoms with Crippen molar-refractivity contribution < 1.29 is 24.2 Å². The highest BCUT2D eigenvalue weighted by molar-refractivity contribution is 7.17. The average Bonchev–Trinajstić information content (AvgIpc) is 3.49. The van der Waals surface area contributed by atoms with Crippen LogP contribution in [0.2, 0.25) is 0 Å². The lowest BCUT2D eigenvalue weighted by Crippen LogP contribution is -2.31. The van der Waals surface area contributed by atoms with Crippen LogP contribution in [-0.2, 0) is 4.79 Å². The number of thiazole rings is 1. The molecule has 8 nitrogen and oxygen atoms in total. The van der Waals surface area contributed by atoms with Crippen LogP contribution in [-0.4, -0.2) is 36.0 Å². The fraction of sp³-hybridized carbons (Fsp3) is 0.133. The topological polar surface area (TPSA) is 113 Å². The molecular weight excluding hydrogens is 514 g/mol. The smallest absolute Gasteiger partial charge is 0.294 e. The summed E-state index contributed by atoms with van der Waals surface area (Å²) in [7, 11) is 3.00. The highest BCUT2D eigenvalue weighted by Gasteiger charge is 2.45. The molecule has 1 aromatic heterocycles. The minimum atomic E-state index is -0.973. The summed E-state index contributed by atoms with van der Waals surface area (Å²) in [6, 6.07) is 22.0. The van der Waals surface area contributed by atoms with E-state index in [-0.39, 0.29) is 5.57 Å². The van der Waals surface area contributed by atoms with Crippen LogP contribution in [0.1, 0.15) is 32.5 Å². The second-order valence-electron chi connectivity index (χ2n) is 8.74. The number of amides is 1. The van der Waals surface area contributed by atoms with E-state index in [9.17, 15) is 20.0 Å². The van der Waals surface area contributed by atoms with Crippen LogP contribution in [0.5, 0.6) is 11.5 Å². The number of aromatic nitrogens is 1. The van der Waals surface area contributed by atoms with Crippen molar-refractivity contribution in [2.75, 3.05) is 19.1 Å². The van der Waals surface area contributed by atoms with Crippen LogP contribution in [0, 0.1) is 18.3 Å². The van der Waals surface area contributed by atoms with Gasteiger partial charge in [-0.25, -0.2) is 4.98 Å². The Morgan fingerprint density at radius 3 is 2.36 bits per heavy atom. The van der Waals surface area contributed by atoms with Gasteiger partial charge in [-0.2, -0.15) is 5.26 Å². The summed E-state index contributed by atoms with van der Waals surface area (Å²) in [4.78, 5) is 33.9.